The lowest BCUT2D eigenvalue weighted by molar-refractivity contribution is 1.28. The maximum absolute atomic E-state index is 2.41. The molecule has 0 fully saturated rings. The van der Waals surface area contributed by atoms with E-state index in [0.29, 0.717) is 0 Å². The largest absolute Gasteiger partial charge is 0.311 e. The molecular formula is C70H48N2. The Balaban J connectivity index is 0.825. The van der Waals surface area contributed by atoms with Crippen LogP contribution in [0.5, 0.6) is 0 Å². The molecule has 1 aliphatic heterocycles. The van der Waals surface area contributed by atoms with Gasteiger partial charge in [-0.1, -0.05) is 224 Å². The fourth-order valence-electron chi connectivity index (χ4n) is 10.7. The highest BCUT2D eigenvalue weighted by Gasteiger charge is 2.26. The molecule has 0 amide bonds. The molecule has 12 aromatic rings. The number of anilines is 6. The summed E-state index contributed by atoms with van der Waals surface area (Å²) in [4.78, 5) is 4.76. The average molecular weight is 917 g/mol. The Bertz CT molecular complexity index is 3780. The van der Waals surface area contributed by atoms with Crippen molar-refractivity contribution < 1.29 is 0 Å². The highest BCUT2D eigenvalue weighted by molar-refractivity contribution is 6.06. The molecule has 0 aromatic heterocycles. The molecule has 2 nitrogen and oxygen atoms in total. The molecule has 72 heavy (non-hydrogen) atoms. The van der Waals surface area contributed by atoms with Crippen LogP contribution >= 0.6 is 0 Å². The second kappa shape index (κ2) is 18.4. The molecule has 1 heterocycles. The second-order valence-electron chi connectivity index (χ2n) is 18.5. The highest BCUT2D eigenvalue weighted by atomic mass is 15.2. The van der Waals surface area contributed by atoms with Gasteiger partial charge in [-0.05, 0) is 144 Å². The van der Waals surface area contributed by atoms with Crippen molar-refractivity contribution in [3.63, 3.8) is 0 Å². The van der Waals surface area contributed by atoms with E-state index in [4.69, 9.17) is 0 Å². The van der Waals surface area contributed by atoms with Gasteiger partial charge in [-0.25, -0.2) is 0 Å². The predicted octanol–water partition coefficient (Wildman–Crippen LogP) is 19.8. The summed E-state index contributed by atoms with van der Waals surface area (Å²) in [6.45, 7) is 0. The van der Waals surface area contributed by atoms with Crippen LogP contribution in [0.3, 0.4) is 0 Å². The molecule has 0 saturated carbocycles. The molecule has 0 unspecified atom stereocenters. The van der Waals surface area contributed by atoms with E-state index >= 15 is 0 Å². The monoisotopic (exact) mass is 916 g/mol. The lowest BCUT2D eigenvalue weighted by atomic mass is 9.90. The number of para-hydroxylation sites is 2. The third-order valence-electron chi connectivity index (χ3n) is 14.3. The zero-order valence-electron chi connectivity index (χ0n) is 39.6. The van der Waals surface area contributed by atoms with Gasteiger partial charge in [0.2, 0.25) is 0 Å². The maximum atomic E-state index is 2.41. The Morgan fingerprint density at radius 1 is 0.208 bits per heavy atom. The van der Waals surface area contributed by atoms with Crippen LogP contribution in [0.1, 0.15) is 0 Å². The minimum absolute atomic E-state index is 1.09. The molecule has 0 radical (unpaired) electrons. The predicted molar refractivity (Wildman–Crippen MR) is 305 cm³/mol. The molecule has 338 valence electrons. The lowest BCUT2D eigenvalue weighted by Gasteiger charge is -2.27. The first-order chi connectivity index (χ1) is 35.7. The number of fused-ring (bicyclic) bond motifs is 6. The van der Waals surface area contributed by atoms with Crippen LogP contribution in [0.4, 0.5) is 34.1 Å². The molecule has 12 aromatic carbocycles. The molecule has 0 spiro atoms. The quantitative estimate of drug-likeness (QED) is 0.142. The van der Waals surface area contributed by atoms with E-state index in [2.05, 4.69) is 301 Å². The Labute approximate surface area is 421 Å². The van der Waals surface area contributed by atoms with Gasteiger partial charge in [0.05, 0.1) is 11.4 Å². The Morgan fingerprint density at radius 2 is 0.556 bits per heavy atom. The zero-order chi connectivity index (χ0) is 47.8. The van der Waals surface area contributed by atoms with Crippen LogP contribution in [0, 0.1) is 0 Å². The Hall–Kier alpha value is -9.50. The van der Waals surface area contributed by atoms with Crippen LogP contribution in [0.15, 0.2) is 291 Å². The van der Waals surface area contributed by atoms with Crippen molar-refractivity contribution in [3.05, 3.63) is 291 Å². The summed E-state index contributed by atoms with van der Waals surface area (Å²) in [5.74, 6) is 0. The van der Waals surface area contributed by atoms with Gasteiger partial charge < -0.3 is 9.80 Å². The van der Waals surface area contributed by atoms with E-state index in [1.54, 1.807) is 0 Å². The average Bonchev–Trinajstić information content (AvgIpc) is 3.59. The standard InChI is InChI=1S/C70H48N2/c1-4-16-49(17-5-1)51-32-39-58(40-33-51)71(59-41-34-52(35-42-59)50-18-6-2-7-19-50)60-43-36-55(37-44-60)62-46-45-61(63-22-10-11-23-64(62)63)54-30-28-53(29-31-54)56-38-47-70-68(48-56)66-25-13-12-24-65(66)67-26-14-15-27-69(67)72(70)57-20-8-3-9-21-57/h1-48H. The summed E-state index contributed by atoms with van der Waals surface area (Å²) < 4.78 is 0. The van der Waals surface area contributed by atoms with Crippen molar-refractivity contribution in [2.24, 2.45) is 0 Å². The van der Waals surface area contributed by atoms with Crippen molar-refractivity contribution >= 4 is 44.9 Å². The summed E-state index contributed by atoms with van der Waals surface area (Å²) in [5.41, 5.74) is 23.6. The van der Waals surface area contributed by atoms with E-state index in [-0.39, 0.29) is 0 Å². The molecule has 0 bridgehead atoms. The minimum atomic E-state index is 1.09. The van der Waals surface area contributed by atoms with Crippen molar-refractivity contribution in [3.8, 4) is 77.9 Å². The van der Waals surface area contributed by atoms with Crippen LogP contribution in [0.2, 0.25) is 0 Å². The summed E-state index contributed by atoms with van der Waals surface area (Å²) in [6, 6.07) is 106. The number of hydrogen-bond acceptors (Lipinski definition) is 2. The van der Waals surface area contributed by atoms with E-state index in [1.807, 2.05) is 0 Å². The van der Waals surface area contributed by atoms with Crippen molar-refractivity contribution in [2.45, 2.75) is 0 Å². The molecular weight excluding hydrogens is 869 g/mol. The summed E-state index contributed by atoms with van der Waals surface area (Å²) in [5, 5.41) is 2.46. The highest BCUT2D eigenvalue weighted by Crippen LogP contribution is 2.51. The normalized spacial score (nSPS) is 11.6. The van der Waals surface area contributed by atoms with Crippen LogP contribution in [-0.4, -0.2) is 0 Å². The van der Waals surface area contributed by atoms with Gasteiger partial charge in [-0.2, -0.15) is 0 Å². The lowest BCUT2D eigenvalue weighted by Crippen LogP contribution is -2.10. The Kier molecular flexibility index (Phi) is 10.9. The van der Waals surface area contributed by atoms with E-state index in [9.17, 15) is 0 Å². The van der Waals surface area contributed by atoms with Crippen LogP contribution in [-0.2, 0) is 0 Å². The number of rotatable bonds is 9. The van der Waals surface area contributed by atoms with Crippen LogP contribution < -0.4 is 9.80 Å². The number of hydrogen-bond donors (Lipinski definition) is 0. The van der Waals surface area contributed by atoms with E-state index in [0.717, 1.165) is 22.7 Å². The Morgan fingerprint density at radius 3 is 1.08 bits per heavy atom. The fraction of sp³-hybridized carbons (Fsp3) is 0. The van der Waals surface area contributed by atoms with E-state index < -0.39 is 0 Å². The molecule has 0 saturated heterocycles. The zero-order valence-corrected chi connectivity index (χ0v) is 39.6. The number of nitrogens with zero attached hydrogens (tertiary/aromatic N) is 2. The fourth-order valence-corrected chi connectivity index (χ4v) is 10.7. The van der Waals surface area contributed by atoms with Gasteiger partial charge in [-0.15, -0.1) is 0 Å². The summed E-state index contributed by atoms with van der Waals surface area (Å²) >= 11 is 0. The van der Waals surface area contributed by atoms with Crippen molar-refractivity contribution in [2.75, 3.05) is 9.80 Å². The smallest absolute Gasteiger partial charge is 0.0540 e. The summed E-state index contributed by atoms with van der Waals surface area (Å²) in [6.07, 6.45) is 0. The third kappa shape index (κ3) is 7.82. The topological polar surface area (TPSA) is 6.48 Å². The molecule has 0 N–H and O–H groups in total. The van der Waals surface area contributed by atoms with E-state index in [1.165, 1.54) is 100 Å². The summed E-state index contributed by atoms with van der Waals surface area (Å²) in [7, 11) is 0. The first-order valence-electron chi connectivity index (χ1n) is 24.7. The first kappa shape index (κ1) is 42.6. The van der Waals surface area contributed by atoms with Crippen molar-refractivity contribution in [1.82, 2.24) is 0 Å². The molecule has 0 atom stereocenters. The SMILES string of the molecule is c1ccc(-c2ccc(N(c3ccc(-c4ccccc4)cc3)c3ccc(-c4ccc(-c5ccc(-c6ccc7c(c6)-c6ccccc6-c6ccccc6N7c6ccccc6)cc5)c5ccccc45)cc3)cc2)cc1. The van der Waals surface area contributed by atoms with Gasteiger partial charge in [0.1, 0.15) is 0 Å². The third-order valence-corrected chi connectivity index (χ3v) is 14.3. The van der Waals surface area contributed by atoms with Crippen molar-refractivity contribution in [1.29, 1.82) is 0 Å². The second-order valence-corrected chi connectivity index (χ2v) is 18.5. The number of benzene rings is 12. The van der Waals surface area contributed by atoms with Crippen LogP contribution in [0.25, 0.3) is 88.7 Å². The molecule has 0 aliphatic carbocycles. The van der Waals surface area contributed by atoms with Gasteiger partial charge in [0, 0.05) is 33.9 Å². The minimum Gasteiger partial charge on any atom is -0.311 e. The van der Waals surface area contributed by atoms with Gasteiger partial charge in [0.15, 0.2) is 0 Å². The first-order valence-corrected chi connectivity index (χ1v) is 24.7. The van der Waals surface area contributed by atoms with Gasteiger partial charge >= 0.3 is 0 Å². The molecule has 13 rings (SSSR count). The van der Waals surface area contributed by atoms with Gasteiger partial charge in [-0.3, -0.25) is 0 Å². The molecule has 1 aliphatic rings. The molecule has 2 heteroatoms. The van der Waals surface area contributed by atoms with Gasteiger partial charge in [0.25, 0.3) is 0 Å². The maximum Gasteiger partial charge on any atom is 0.0540 e.